The van der Waals surface area contributed by atoms with E-state index in [9.17, 15) is 14.4 Å². The number of nitrogens with zero attached hydrogens (tertiary/aromatic N) is 1. The number of ether oxygens (including phenoxy) is 1. The van der Waals surface area contributed by atoms with E-state index in [0.29, 0.717) is 28.4 Å². The van der Waals surface area contributed by atoms with Gasteiger partial charge in [-0.15, -0.1) is 0 Å². The van der Waals surface area contributed by atoms with Crippen molar-refractivity contribution in [3.05, 3.63) is 98.5 Å². The number of halogens is 2. The average Bonchev–Trinajstić information content (AvgIpc) is 2.80. The summed E-state index contributed by atoms with van der Waals surface area (Å²) in [6.45, 7) is 0. The van der Waals surface area contributed by atoms with Crippen molar-refractivity contribution in [3.8, 4) is 5.75 Å². The lowest BCUT2D eigenvalue weighted by Gasteiger charge is -2.26. The monoisotopic (exact) mass is 524 g/mol. The van der Waals surface area contributed by atoms with Crippen LogP contribution in [0.3, 0.4) is 0 Å². The van der Waals surface area contributed by atoms with E-state index in [1.54, 1.807) is 43.5 Å². The molecule has 0 saturated carbocycles. The van der Waals surface area contributed by atoms with E-state index in [0.717, 1.165) is 20.5 Å². The summed E-state index contributed by atoms with van der Waals surface area (Å²) >= 11 is 9.48. The Kier molecular flexibility index (Phi) is 6.62. The summed E-state index contributed by atoms with van der Waals surface area (Å²) in [6, 6.07) is 18.6. The molecule has 3 aromatic carbocycles. The largest absolute Gasteiger partial charge is 0.497 e. The molecule has 1 N–H and O–H groups in total. The Morgan fingerprint density at radius 2 is 1.73 bits per heavy atom. The summed E-state index contributed by atoms with van der Waals surface area (Å²) < 4.78 is 6.31. The Labute approximate surface area is 203 Å². The molecule has 0 spiro atoms. The second kappa shape index (κ2) is 9.60. The number of anilines is 1. The summed E-state index contributed by atoms with van der Waals surface area (Å²) in [4.78, 5) is 39.1. The number of rotatable bonds is 5. The van der Waals surface area contributed by atoms with Crippen LogP contribution >= 0.6 is 27.5 Å². The molecule has 4 rings (SSSR count). The molecule has 0 unspecified atom stereocenters. The molecule has 33 heavy (non-hydrogen) atoms. The van der Waals surface area contributed by atoms with Gasteiger partial charge in [0.1, 0.15) is 11.3 Å². The zero-order valence-corrected chi connectivity index (χ0v) is 19.8. The highest BCUT2D eigenvalue weighted by Crippen LogP contribution is 2.28. The van der Waals surface area contributed by atoms with Gasteiger partial charge in [0, 0.05) is 9.50 Å². The van der Waals surface area contributed by atoms with Crippen molar-refractivity contribution in [1.29, 1.82) is 0 Å². The highest BCUT2D eigenvalue weighted by molar-refractivity contribution is 9.10. The first kappa shape index (κ1) is 22.8. The lowest BCUT2D eigenvalue weighted by molar-refractivity contribution is -0.122. The predicted molar refractivity (Wildman–Crippen MR) is 130 cm³/mol. The van der Waals surface area contributed by atoms with E-state index in [2.05, 4.69) is 21.2 Å². The molecule has 1 heterocycles. The van der Waals surface area contributed by atoms with E-state index < -0.39 is 17.8 Å². The van der Waals surface area contributed by atoms with Crippen molar-refractivity contribution < 1.29 is 19.1 Å². The summed E-state index contributed by atoms with van der Waals surface area (Å²) in [5.74, 6) is -0.816. The third kappa shape index (κ3) is 4.84. The van der Waals surface area contributed by atoms with Gasteiger partial charge in [0.25, 0.3) is 11.8 Å². The molecule has 1 saturated heterocycles. The van der Waals surface area contributed by atoms with Gasteiger partial charge in [0.15, 0.2) is 0 Å². The molecular weight excluding hydrogens is 508 g/mol. The highest BCUT2D eigenvalue weighted by atomic mass is 79.9. The minimum absolute atomic E-state index is 0.150. The van der Waals surface area contributed by atoms with Gasteiger partial charge in [0.2, 0.25) is 0 Å². The fraction of sp³-hybridized carbons (Fsp3) is 0.0800. The molecule has 0 aromatic heterocycles. The van der Waals surface area contributed by atoms with Crippen LogP contribution in [0.25, 0.3) is 6.08 Å². The standard InChI is InChI=1S/C25H18BrClN2O4/c1-33-20-11-6-15(17(13-20)12-16-4-2-3-5-22(16)26)14-21-23(30)28-25(32)29(24(21)31)19-9-7-18(27)8-10-19/h2-11,13-14H,12H2,1H3,(H,28,30,32)/b21-14+. The van der Waals surface area contributed by atoms with Crippen molar-refractivity contribution >= 4 is 57.1 Å². The van der Waals surface area contributed by atoms with E-state index in [1.807, 2.05) is 30.3 Å². The third-order valence-corrected chi connectivity index (χ3v) is 6.20. The number of hydrogen-bond donors (Lipinski definition) is 1. The quantitative estimate of drug-likeness (QED) is 0.359. The molecule has 6 nitrogen and oxygen atoms in total. The number of benzene rings is 3. The van der Waals surface area contributed by atoms with E-state index in [4.69, 9.17) is 16.3 Å². The summed E-state index contributed by atoms with van der Waals surface area (Å²) in [5.41, 5.74) is 2.70. The molecule has 0 radical (unpaired) electrons. The maximum atomic E-state index is 13.2. The van der Waals surface area contributed by atoms with Gasteiger partial charge in [-0.25, -0.2) is 9.69 Å². The van der Waals surface area contributed by atoms with E-state index in [1.165, 1.54) is 6.08 Å². The van der Waals surface area contributed by atoms with Gasteiger partial charge < -0.3 is 4.74 Å². The van der Waals surface area contributed by atoms with Gasteiger partial charge in [0.05, 0.1) is 12.8 Å². The molecular formula is C25H18BrClN2O4. The fourth-order valence-corrected chi connectivity index (χ4v) is 4.04. The number of barbiturate groups is 1. The minimum Gasteiger partial charge on any atom is -0.497 e. The number of amides is 4. The maximum absolute atomic E-state index is 13.2. The van der Waals surface area contributed by atoms with Crippen molar-refractivity contribution in [3.63, 3.8) is 0 Å². The zero-order valence-electron chi connectivity index (χ0n) is 17.5. The topological polar surface area (TPSA) is 75.7 Å². The first-order chi connectivity index (χ1) is 15.9. The molecule has 1 aliphatic rings. The summed E-state index contributed by atoms with van der Waals surface area (Å²) in [5, 5.41) is 2.70. The minimum atomic E-state index is -0.812. The lowest BCUT2D eigenvalue weighted by atomic mass is 9.97. The summed E-state index contributed by atoms with van der Waals surface area (Å²) in [7, 11) is 1.57. The molecule has 0 aliphatic carbocycles. The van der Waals surface area contributed by atoms with Crippen LogP contribution in [-0.2, 0) is 16.0 Å². The van der Waals surface area contributed by atoms with Gasteiger partial charge in [-0.3, -0.25) is 14.9 Å². The van der Waals surface area contributed by atoms with Crippen LogP contribution in [0.15, 0.2) is 76.8 Å². The van der Waals surface area contributed by atoms with E-state index >= 15 is 0 Å². The number of carbonyl (C=O) groups is 3. The molecule has 3 aromatic rings. The van der Waals surface area contributed by atoms with Gasteiger partial charge in [-0.1, -0.05) is 51.8 Å². The third-order valence-electron chi connectivity index (χ3n) is 5.18. The van der Waals surface area contributed by atoms with Crippen molar-refractivity contribution in [2.24, 2.45) is 0 Å². The van der Waals surface area contributed by atoms with Gasteiger partial charge in [-0.2, -0.15) is 0 Å². The van der Waals surface area contributed by atoms with Gasteiger partial charge in [-0.05, 0) is 71.7 Å². The van der Waals surface area contributed by atoms with Crippen LogP contribution in [0.2, 0.25) is 5.02 Å². The second-order valence-electron chi connectivity index (χ2n) is 7.27. The highest BCUT2D eigenvalue weighted by Gasteiger charge is 2.36. The Bertz CT molecular complexity index is 1290. The lowest BCUT2D eigenvalue weighted by Crippen LogP contribution is -2.54. The first-order valence-corrected chi connectivity index (χ1v) is 11.1. The number of carbonyl (C=O) groups excluding carboxylic acids is 3. The van der Waals surface area contributed by atoms with Crippen molar-refractivity contribution in [2.45, 2.75) is 6.42 Å². The van der Waals surface area contributed by atoms with Crippen molar-refractivity contribution in [1.82, 2.24) is 5.32 Å². The predicted octanol–water partition coefficient (Wildman–Crippen LogP) is 5.37. The number of hydrogen-bond acceptors (Lipinski definition) is 4. The van der Waals surface area contributed by atoms with Crippen LogP contribution < -0.4 is 15.0 Å². The fourth-order valence-electron chi connectivity index (χ4n) is 3.49. The first-order valence-electron chi connectivity index (χ1n) is 9.94. The van der Waals surface area contributed by atoms with E-state index in [-0.39, 0.29) is 5.57 Å². The smallest absolute Gasteiger partial charge is 0.335 e. The zero-order chi connectivity index (χ0) is 23.5. The molecule has 1 aliphatic heterocycles. The molecule has 8 heteroatoms. The van der Waals surface area contributed by atoms with Crippen LogP contribution in [-0.4, -0.2) is 25.0 Å². The number of methoxy groups -OCH3 is 1. The van der Waals surface area contributed by atoms with Crippen LogP contribution in [0.1, 0.15) is 16.7 Å². The Hall–Kier alpha value is -3.42. The van der Waals surface area contributed by atoms with Crippen LogP contribution in [0, 0.1) is 0 Å². The molecule has 4 amide bonds. The maximum Gasteiger partial charge on any atom is 0.335 e. The average molecular weight is 526 g/mol. The Balaban J connectivity index is 1.76. The normalized spacial score (nSPS) is 15.1. The van der Waals surface area contributed by atoms with Gasteiger partial charge >= 0.3 is 6.03 Å². The van der Waals surface area contributed by atoms with Crippen LogP contribution in [0.4, 0.5) is 10.5 Å². The number of nitrogens with one attached hydrogen (secondary N) is 1. The van der Waals surface area contributed by atoms with Crippen molar-refractivity contribution in [2.75, 3.05) is 12.0 Å². The number of imide groups is 2. The molecule has 0 bridgehead atoms. The molecule has 0 atom stereocenters. The SMILES string of the molecule is COc1ccc(/C=C2\C(=O)NC(=O)N(c3ccc(Cl)cc3)C2=O)c(Cc2ccccc2Br)c1. The molecule has 1 fully saturated rings. The molecule has 166 valence electrons. The summed E-state index contributed by atoms with van der Waals surface area (Å²) in [6.07, 6.45) is 2.03. The second-order valence-corrected chi connectivity index (χ2v) is 8.56. The Morgan fingerprint density at radius 3 is 2.42 bits per heavy atom. The Morgan fingerprint density at radius 1 is 1.00 bits per heavy atom. The number of urea groups is 1. The van der Waals surface area contributed by atoms with Crippen LogP contribution in [0.5, 0.6) is 5.75 Å².